The summed E-state index contributed by atoms with van der Waals surface area (Å²) in [6.07, 6.45) is 1.13. The van der Waals surface area contributed by atoms with Gasteiger partial charge in [0.25, 0.3) is 0 Å². The minimum atomic E-state index is -0.445. The lowest BCUT2D eigenvalue weighted by Gasteiger charge is -2.32. The minimum Gasteiger partial charge on any atom is -0.388 e. The molecule has 1 aromatic heterocycles. The van der Waals surface area contributed by atoms with Gasteiger partial charge in [0.15, 0.2) is 6.23 Å². The van der Waals surface area contributed by atoms with Gasteiger partial charge in [0.05, 0.1) is 11.8 Å². The zero-order valence-electron chi connectivity index (χ0n) is 9.47. The van der Waals surface area contributed by atoms with E-state index in [0.29, 0.717) is 0 Å². The predicted molar refractivity (Wildman–Crippen MR) is 56.5 cm³/mol. The normalized spacial score (nSPS) is 31.9. The van der Waals surface area contributed by atoms with E-state index in [-0.39, 0.29) is 12.3 Å². The van der Waals surface area contributed by atoms with E-state index >= 15 is 0 Å². The molecule has 0 amide bonds. The fourth-order valence-electron chi connectivity index (χ4n) is 2.07. The van der Waals surface area contributed by atoms with Crippen LogP contribution in [0.1, 0.15) is 37.4 Å². The second kappa shape index (κ2) is 3.94. The van der Waals surface area contributed by atoms with Gasteiger partial charge in [0.1, 0.15) is 6.10 Å². The molecule has 0 aromatic carbocycles. The van der Waals surface area contributed by atoms with Gasteiger partial charge in [0.2, 0.25) is 0 Å². The summed E-state index contributed by atoms with van der Waals surface area (Å²) < 4.78 is 7.52. The Labute approximate surface area is 89.9 Å². The highest BCUT2D eigenvalue weighted by Crippen LogP contribution is 2.27. The molecule has 4 heteroatoms. The third-order valence-corrected chi connectivity index (χ3v) is 2.86. The van der Waals surface area contributed by atoms with Crippen molar-refractivity contribution in [2.24, 2.45) is 0 Å². The molecule has 0 saturated carbocycles. The monoisotopic (exact) mass is 210 g/mol. The molecule has 1 aromatic rings. The van der Waals surface area contributed by atoms with Crippen molar-refractivity contribution >= 4 is 0 Å². The van der Waals surface area contributed by atoms with Crippen LogP contribution in [0.5, 0.6) is 0 Å². The number of aliphatic hydroxyl groups is 1. The van der Waals surface area contributed by atoms with E-state index in [4.69, 9.17) is 4.74 Å². The number of ether oxygens (including phenoxy) is 1. The lowest BCUT2D eigenvalue weighted by Crippen LogP contribution is -2.36. The molecular formula is C11H18N2O2. The van der Waals surface area contributed by atoms with Crippen LogP contribution in [0, 0.1) is 13.8 Å². The van der Waals surface area contributed by atoms with Crippen molar-refractivity contribution in [1.29, 1.82) is 0 Å². The Balaban J connectivity index is 2.24. The van der Waals surface area contributed by atoms with Gasteiger partial charge in [-0.1, -0.05) is 0 Å². The number of nitrogens with zero attached hydrogens (tertiary/aromatic N) is 2. The van der Waals surface area contributed by atoms with Crippen LogP contribution >= 0.6 is 0 Å². The van der Waals surface area contributed by atoms with Crippen molar-refractivity contribution in [2.75, 3.05) is 0 Å². The highest BCUT2D eigenvalue weighted by Gasteiger charge is 2.30. The van der Waals surface area contributed by atoms with Gasteiger partial charge in [-0.3, -0.25) is 0 Å². The average molecular weight is 210 g/mol. The molecule has 1 fully saturated rings. The largest absolute Gasteiger partial charge is 0.388 e. The third-order valence-electron chi connectivity index (χ3n) is 2.86. The molecule has 4 nitrogen and oxygen atoms in total. The van der Waals surface area contributed by atoms with Crippen molar-refractivity contribution in [3.8, 4) is 0 Å². The van der Waals surface area contributed by atoms with Gasteiger partial charge >= 0.3 is 0 Å². The van der Waals surface area contributed by atoms with Gasteiger partial charge in [0, 0.05) is 5.69 Å². The first-order chi connectivity index (χ1) is 7.08. The Hall–Kier alpha value is -0.870. The second-order valence-electron chi connectivity index (χ2n) is 4.35. The lowest BCUT2D eigenvalue weighted by atomic mass is 10.1. The van der Waals surface area contributed by atoms with E-state index in [0.717, 1.165) is 24.2 Å². The van der Waals surface area contributed by atoms with Crippen molar-refractivity contribution in [1.82, 2.24) is 9.78 Å². The summed E-state index contributed by atoms with van der Waals surface area (Å²) in [6.45, 7) is 5.96. The maximum Gasteiger partial charge on any atom is 0.176 e. The van der Waals surface area contributed by atoms with Crippen LogP contribution in [0.3, 0.4) is 0 Å². The molecule has 0 bridgehead atoms. The molecular weight excluding hydrogens is 192 g/mol. The van der Waals surface area contributed by atoms with Gasteiger partial charge in [-0.2, -0.15) is 5.10 Å². The molecule has 3 atom stereocenters. The van der Waals surface area contributed by atoms with E-state index < -0.39 is 6.10 Å². The van der Waals surface area contributed by atoms with Crippen molar-refractivity contribution < 1.29 is 9.84 Å². The fraction of sp³-hybridized carbons (Fsp3) is 0.727. The summed E-state index contributed by atoms with van der Waals surface area (Å²) in [7, 11) is 0. The SMILES string of the molecule is Cc1cc(C)n(C2OC(C)CCC2O)n1. The molecule has 3 unspecified atom stereocenters. The number of hydrogen-bond acceptors (Lipinski definition) is 3. The minimum absolute atomic E-state index is 0.197. The van der Waals surface area contributed by atoms with E-state index in [1.807, 2.05) is 26.8 Å². The topological polar surface area (TPSA) is 47.3 Å². The number of rotatable bonds is 1. The smallest absolute Gasteiger partial charge is 0.176 e. The average Bonchev–Trinajstić information content (AvgIpc) is 2.50. The standard InChI is InChI=1S/C11H18N2O2/c1-7-6-8(2)13(12-7)11-10(14)5-4-9(3)15-11/h6,9-11,14H,4-5H2,1-3H3. The first-order valence-corrected chi connectivity index (χ1v) is 5.44. The number of aliphatic hydroxyl groups excluding tert-OH is 1. The van der Waals surface area contributed by atoms with Gasteiger partial charge in [-0.25, -0.2) is 4.68 Å². The second-order valence-corrected chi connectivity index (χ2v) is 4.35. The molecule has 1 N–H and O–H groups in total. The van der Waals surface area contributed by atoms with Gasteiger partial charge in [-0.15, -0.1) is 0 Å². The van der Waals surface area contributed by atoms with Crippen LogP contribution in [0.4, 0.5) is 0 Å². The van der Waals surface area contributed by atoms with Crippen LogP contribution in [0.15, 0.2) is 6.07 Å². The van der Waals surface area contributed by atoms with Crippen molar-refractivity contribution in [2.45, 2.75) is 52.0 Å². The van der Waals surface area contributed by atoms with E-state index in [1.54, 1.807) is 4.68 Å². The summed E-state index contributed by atoms with van der Waals surface area (Å²) in [5.74, 6) is 0. The number of hydrogen-bond donors (Lipinski definition) is 1. The maximum absolute atomic E-state index is 9.89. The first-order valence-electron chi connectivity index (χ1n) is 5.44. The maximum atomic E-state index is 9.89. The molecule has 84 valence electrons. The fourth-order valence-corrected chi connectivity index (χ4v) is 2.07. The van der Waals surface area contributed by atoms with E-state index in [9.17, 15) is 5.11 Å². The number of aryl methyl sites for hydroxylation is 2. The summed E-state index contributed by atoms with van der Waals surface area (Å²) >= 11 is 0. The van der Waals surface area contributed by atoms with E-state index in [1.165, 1.54) is 0 Å². The molecule has 1 aliphatic heterocycles. The number of aromatic nitrogens is 2. The summed E-state index contributed by atoms with van der Waals surface area (Å²) in [4.78, 5) is 0. The first kappa shape index (κ1) is 10.6. The molecule has 2 rings (SSSR count). The Morgan fingerprint density at radius 3 is 2.80 bits per heavy atom. The van der Waals surface area contributed by atoms with Crippen LogP contribution in [0.25, 0.3) is 0 Å². The Bertz CT molecular complexity index is 348. The highest BCUT2D eigenvalue weighted by atomic mass is 16.5. The Morgan fingerprint density at radius 2 is 2.20 bits per heavy atom. The van der Waals surface area contributed by atoms with E-state index in [2.05, 4.69) is 5.10 Å². The summed E-state index contributed by atoms with van der Waals surface area (Å²) in [5, 5.41) is 14.2. The quantitative estimate of drug-likeness (QED) is 0.765. The molecule has 0 aliphatic carbocycles. The zero-order chi connectivity index (χ0) is 11.0. The lowest BCUT2D eigenvalue weighted by molar-refractivity contribution is -0.153. The zero-order valence-corrected chi connectivity index (χ0v) is 9.47. The van der Waals surface area contributed by atoms with Crippen LogP contribution in [-0.2, 0) is 4.74 Å². The molecule has 15 heavy (non-hydrogen) atoms. The van der Waals surface area contributed by atoms with Gasteiger partial charge < -0.3 is 9.84 Å². The van der Waals surface area contributed by atoms with Crippen LogP contribution < -0.4 is 0 Å². The van der Waals surface area contributed by atoms with Crippen molar-refractivity contribution in [3.63, 3.8) is 0 Å². The third kappa shape index (κ3) is 2.06. The summed E-state index contributed by atoms with van der Waals surface area (Å²) in [6, 6.07) is 2.00. The van der Waals surface area contributed by atoms with Crippen molar-refractivity contribution in [3.05, 3.63) is 17.5 Å². The molecule has 0 spiro atoms. The highest BCUT2D eigenvalue weighted by molar-refractivity contribution is 5.07. The molecule has 1 saturated heterocycles. The Kier molecular flexibility index (Phi) is 2.80. The molecule has 0 radical (unpaired) electrons. The van der Waals surface area contributed by atoms with Gasteiger partial charge in [-0.05, 0) is 39.7 Å². The van der Waals surface area contributed by atoms with Crippen LogP contribution in [-0.4, -0.2) is 27.1 Å². The molecule has 1 aliphatic rings. The predicted octanol–water partition coefficient (Wildman–Crippen LogP) is 1.56. The Morgan fingerprint density at radius 1 is 1.47 bits per heavy atom. The van der Waals surface area contributed by atoms with Crippen LogP contribution in [0.2, 0.25) is 0 Å². The molecule has 2 heterocycles. The summed E-state index contributed by atoms with van der Waals surface area (Å²) in [5.41, 5.74) is 1.99.